The van der Waals surface area contributed by atoms with Crippen LogP contribution in [0.2, 0.25) is 0 Å². The van der Waals surface area contributed by atoms with Gasteiger partial charge >= 0.3 is 0 Å². The van der Waals surface area contributed by atoms with Gasteiger partial charge in [-0.25, -0.2) is 0 Å². The van der Waals surface area contributed by atoms with E-state index in [4.69, 9.17) is 0 Å². The van der Waals surface area contributed by atoms with Crippen LogP contribution in [0.5, 0.6) is 0 Å². The van der Waals surface area contributed by atoms with Gasteiger partial charge in [-0.3, -0.25) is 0 Å². The van der Waals surface area contributed by atoms with E-state index in [0.717, 1.165) is 22.2 Å². The summed E-state index contributed by atoms with van der Waals surface area (Å²) in [5.41, 5.74) is 1.04. The van der Waals surface area contributed by atoms with Gasteiger partial charge in [0, 0.05) is 0 Å². The zero-order valence-electron chi connectivity index (χ0n) is 7.96. The highest BCUT2D eigenvalue weighted by Crippen LogP contribution is 2.29. The Balaban J connectivity index is 2.53. The number of aliphatic hydroxyl groups excluding tert-OH is 1. The molecule has 0 saturated heterocycles. The minimum absolute atomic E-state index is 0.294. The highest BCUT2D eigenvalue weighted by Gasteiger charge is 2.12. The van der Waals surface area contributed by atoms with Gasteiger partial charge in [-0.1, -0.05) is 20.3 Å². The van der Waals surface area contributed by atoms with Crippen LogP contribution >= 0.6 is 27.3 Å². The molecule has 1 heterocycles. The molecule has 1 N–H and O–H groups in total. The molecule has 1 rings (SSSR count). The second-order valence-electron chi connectivity index (χ2n) is 3.45. The lowest BCUT2D eigenvalue weighted by Crippen LogP contribution is -2.02. The molecule has 0 aliphatic carbocycles. The summed E-state index contributed by atoms with van der Waals surface area (Å²) in [6.45, 7) is 4.32. The number of hydrogen-bond donors (Lipinski definition) is 1. The van der Waals surface area contributed by atoms with Crippen molar-refractivity contribution in [2.45, 2.75) is 32.8 Å². The van der Waals surface area contributed by atoms with Gasteiger partial charge < -0.3 is 5.11 Å². The summed E-state index contributed by atoms with van der Waals surface area (Å²) in [6.07, 6.45) is 1.69. The molecule has 0 spiro atoms. The van der Waals surface area contributed by atoms with Gasteiger partial charge in [0.25, 0.3) is 0 Å². The van der Waals surface area contributed by atoms with Gasteiger partial charge in [0.05, 0.1) is 9.89 Å². The van der Waals surface area contributed by atoms with Crippen molar-refractivity contribution in [1.82, 2.24) is 0 Å². The van der Waals surface area contributed by atoms with E-state index in [1.54, 1.807) is 11.3 Å². The number of hydrogen-bond acceptors (Lipinski definition) is 2. The summed E-state index contributed by atoms with van der Waals surface area (Å²) in [7, 11) is 0. The quantitative estimate of drug-likeness (QED) is 0.871. The first kappa shape index (κ1) is 11.2. The van der Waals surface area contributed by atoms with E-state index in [0.29, 0.717) is 5.92 Å². The lowest BCUT2D eigenvalue weighted by molar-refractivity contribution is 0.147. The molecule has 2 unspecified atom stereocenters. The predicted octanol–water partition coefficient (Wildman–Crippen LogP) is 3.98. The van der Waals surface area contributed by atoms with E-state index in [9.17, 15) is 5.11 Å². The van der Waals surface area contributed by atoms with E-state index in [-0.39, 0.29) is 6.10 Å². The van der Waals surface area contributed by atoms with Crippen molar-refractivity contribution in [3.63, 3.8) is 0 Å². The highest BCUT2D eigenvalue weighted by atomic mass is 79.9. The zero-order valence-corrected chi connectivity index (χ0v) is 10.4. The van der Waals surface area contributed by atoms with Gasteiger partial charge in [-0.15, -0.1) is 11.3 Å². The van der Waals surface area contributed by atoms with Crippen LogP contribution in [0.3, 0.4) is 0 Å². The Labute approximate surface area is 91.9 Å². The molecule has 3 heteroatoms. The average Bonchev–Trinajstić information content (AvgIpc) is 2.51. The summed E-state index contributed by atoms with van der Waals surface area (Å²) in [6, 6.07) is 2.00. The van der Waals surface area contributed by atoms with Crippen LogP contribution in [0, 0.1) is 5.92 Å². The first-order chi connectivity index (χ1) is 6.13. The number of aliphatic hydroxyl groups is 1. The predicted molar refractivity (Wildman–Crippen MR) is 61.1 cm³/mol. The zero-order chi connectivity index (χ0) is 9.84. The molecule has 0 aliphatic rings. The molecular formula is C10H15BrOS. The van der Waals surface area contributed by atoms with Crippen molar-refractivity contribution in [3.05, 3.63) is 20.8 Å². The molecule has 1 nitrogen and oxygen atoms in total. The Morgan fingerprint density at radius 1 is 1.62 bits per heavy atom. The normalized spacial score (nSPS) is 15.7. The topological polar surface area (TPSA) is 20.2 Å². The van der Waals surface area contributed by atoms with Crippen LogP contribution in [0.4, 0.5) is 0 Å². The highest BCUT2D eigenvalue weighted by molar-refractivity contribution is 9.11. The summed E-state index contributed by atoms with van der Waals surface area (Å²) < 4.78 is 1.09. The van der Waals surface area contributed by atoms with E-state index < -0.39 is 0 Å². The van der Waals surface area contributed by atoms with Crippen LogP contribution in [0.1, 0.15) is 38.4 Å². The van der Waals surface area contributed by atoms with Crippen molar-refractivity contribution in [2.24, 2.45) is 5.92 Å². The number of halogens is 1. The maximum absolute atomic E-state index is 9.82. The van der Waals surface area contributed by atoms with Crippen LogP contribution in [-0.4, -0.2) is 5.11 Å². The maximum Gasteiger partial charge on any atom is 0.0801 e. The Bertz CT molecular complexity index is 259. The van der Waals surface area contributed by atoms with Gasteiger partial charge in [0.15, 0.2) is 0 Å². The molecule has 0 radical (unpaired) electrons. The largest absolute Gasteiger partial charge is 0.388 e. The molecular weight excluding hydrogens is 248 g/mol. The third-order valence-corrected chi connectivity index (χ3v) is 3.82. The SMILES string of the molecule is CCC(C)CC(O)c1csc(Br)c1. The van der Waals surface area contributed by atoms with Crippen molar-refractivity contribution in [2.75, 3.05) is 0 Å². The smallest absolute Gasteiger partial charge is 0.0801 e. The fourth-order valence-electron chi connectivity index (χ4n) is 1.18. The number of rotatable bonds is 4. The number of thiophene rings is 1. The molecule has 13 heavy (non-hydrogen) atoms. The van der Waals surface area contributed by atoms with Crippen LogP contribution in [0.25, 0.3) is 0 Å². The minimum atomic E-state index is -0.294. The second kappa shape index (κ2) is 5.13. The molecule has 74 valence electrons. The maximum atomic E-state index is 9.82. The Kier molecular flexibility index (Phi) is 4.42. The van der Waals surface area contributed by atoms with E-state index in [1.165, 1.54) is 0 Å². The lowest BCUT2D eigenvalue weighted by Gasteiger charge is -2.13. The summed E-state index contributed by atoms with van der Waals surface area (Å²) in [5, 5.41) is 11.8. The van der Waals surface area contributed by atoms with Gasteiger partial charge in [-0.05, 0) is 45.3 Å². The molecule has 0 amide bonds. The minimum Gasteiger partial charge on any atom is -0.388 e. The van der Waals surface area contributed by atoms with Crippen molar-refractivity contribution in [1.29, 1.82) is 0 Å². The van der Waals surface area contributed by atoms with Crippen molar-refractivity contribution < 1.29 is 5.11 Å². The monoisotopic (exact) mass is 262 g/mol. The van der Waals surface area contributed by atoms with Gasteiger partial charge in [0.2, 0.25) is 0 Å². The van der Waals surface area contributed by atoms with E-state index in [2.05, 4.69) is 29.8 Å². The van der Waals surface area contributed by atoms with Gasteiger partial charge in [0.1, 0.15) is 0 Å². The molecule has 1 aromatic rings. The molecule has 0 aromatic carbocycles. The molecule has 0 fully saturated rings. The summed E-state index contributed by atoms with van der Waals surface area (Å²) >= 11 is 5.02. The molecule has 0 aliphatic heterocycles. The van der Waals surface area contributed by atoms with E-state index >= 15 is 0 Å². The van der Waals surface area contributed by atoms with Crippen LogP contribution < -0.4 is 0 Å². The van der Waals surface area contributed by atoms with Crippen molar-refractivity contribution >= 4 is 27.3 Å². The third-order valence-electron chi connectivity index (χ3n) is 2.30. The summed E-state index contributed by atoms with van der Waals surface area (Å²) in [5.74, 6) is 0.591. The molecule has 2 atom stereocenters. The third kappa shape index (κ3) is 3.41. The first-order valence-corrected chi connectivity index (χ1v) is 6.22. The van der Waals surface area contributed by atoms with Crippen LogP contribution in [-0.2, 0) is 0 Å². The Hall–Kier alpha value is 0.140. The van der Waals surface area contributed by atoms with E-state index in [1.807, 2.05) is 11.4 Å². The average molecular weight is 263 g/mol. The molecule has 0 saturated carbocycles. The fourth-order valence-corrected chi connectivity index (χ4v) is 2.40. The Morgan fingerprint density at radius 3 is 2.77 bits per heavy atom. The van der Waals surface area contributed by atoms with Crippen molar-refractivity contribution in [3.8, 4) is 0 Å². The lowest BCUT2D eigenvalue weighted by atomic mass is 9.98. The molecule has 1 aromatic heterocycles. The van der Waals surface area contributed by atoms with Gasteiger partial charge in [-0.2, -0.15) is 0 Å². The first-order valence-electron chi connectivity index (χ1n) is 4.55. The Morgan fingerprint density at radius 2 is 2.31 bits per heavy atom. The fraction of sp³-hybridized carbons (Fsp3) is 0.600. The van der Waals surface area contributed by atoms with Crippen LogP contribution in [0.15, 0.2) is 15.2 Å². The summed E-state index contributed by atoms with van der Waals surface area (Å²) in [4.78, 5) is 0. The molecule has 0 bridgehead atoms. The second-order valence-corrected chi connectivity index (χ2v) is 5.74. The standard InChI is InChI=1S/C10H15BrOS/c1-3-7(2)4-9(12)8-5-10(11)13-6-8/h5-7,9,12H,3-4H2,1-2H3.